The minimum atomic E-state index is 0.280. The Morgan fingerprint density at radius 1 is 1.62 bits per heavy atom. The lowest BCUT2D eigenvalue weighted by Gasteiger charge is -2.04. The van der Waals surface area contributed by atoms with E-state index in [0.29, 0.717) is 5.92 Å². The fourth-order valence-electron chi connectivity index (χ4n) is 0.518. The zero-order valence-corrected chi connectivity index (χ0v) is 6.90. The molecule has 0 aromatic carbocycles. The molecule has 0 aliphatic heterocycles. The Hall–Kier alpha value is 0.150. The van der Waals surface area contributed by atoms with Crippen molar-refractivity contribution in [3.63, 3.8) is 0 Å². The summed E-state index contributed by atoms with van der Waals surface area (Å²) in [5.41, 5.74) is 0. The summed E-state index contributed by atoms with van der Waals surface area (Å²) in [6.07, 6.45) is 2.49. The molecule has 0 saturated carbocycles. The molecule has 0 aromatic rings. The van der Waals surface area contributed by atoms with E-state index in [1.54, 1.807) is 0 Å². The number of halogens is 1. The van der Waals surface area contributed by atoms with Gasteiger partial charge in [-0.1, -0.05) is 29.8 Å². The fraction of sp³-hybridized carbons (Fsp3) is 0.833. The van der Waals surface area contributed by atoms with E-state index in [0.717, 1.165) is 6.42 Å². The molecule has 0 bridgehead atoms. The highest BCUT2D eigenvalue weighted by molar-refractivity contribution is 9.09. The molecule has 2 heteroatoms. The molecule has 0 heterocycles. The van der Waals surface area contributed by atoms with Crippen LogP contribution in [0.4, 0.5) is 0 Å². The number of rotatable bonds is 3. The normalized spacial score (nSPS) is 14.0. The Kier molecular flexibility index (Phi) is 4.15. The van der Waals surface area contributed by atoms with Crippen molar-refractivity contribution in [1.29, 1.82) is 5.41 Å². The molecule has 0 rings (SSSR count). The third-order valence-corrected chi connectivity index (χ3v) is 1.52. The van der Waals surface area contributed by atoms with Crippen LogP contribution in [0.15, 0.2) is 0 Å². The lowest BCUT2D eigenvalue weighted by Crippen LogP contribution is -2.02. The molecule has 0 aromatic heterocycles. The van der Waals surface area contributed by atoms with Crippen molar-refractivity contribution in [3.8, 4) is 0 Å². The van der Waals surface area contributed by atoms with E-state index >= 15 is 0 Å². The summed E-state index contributed by atoms with van der Waals surface area (Å²) < 4.78 is 0. The number of nitrogens with one attached hydrogen (secondary N) is 1. The van der Waals surface area contributed by atoms with Crippen LogP contribution in [0.1, 0.15) is 20.3 Å². The predicted molar refractivity (Wildman–Crippen MR) is 41.0 cm³/mol. The van der Waals surface area contributed by atoms with Crippen LogP contribution >= 0.6 is 15.9 Å². The summed E-state index contributed by atoms with van der Waals surface area (Å²) in [6, 6.07) is 0. The third kappa shape index (κ3) is 4.31. The summed E-state index contributed by atoms with van der Waals surface area (Å²) in [5.74, 6) is 0.681. The van der Waals surface area contributed by atoms with Crippen LogP contribution in [0.5, 0.6) is 0 Å². The Bertz CT molecular complexity index is 70.9. The quantitative estimate of drug-likeness (QED) is 0.507. The first-order valence-electron chi connectivity index (χ1n) is 2.81. The standard InChI is InChI=1S/C6H12BrN/c1-5(2)3-6(7)4-8/h4-6,8H,3H2,1-2H3. The van der Waals surface area contributed by atoms with Crippen LogP contribution < -0.4 is 0 Å². The Balaban J connectivity index is 3.23. The first-order chi connectivity index (χ1) is 3.66. The Morgan fingerprint density at radius 2 is 2.12 bits per heavy atom. The van der Waals surface area contributed by atoms with Crippen LogP contribution in [0.2, 0.25) is 0 Å². The number of hydrogen-bond donors (Lipinski definition) is 1. The summed E-state index contributed by atoms with van der Waals surface area (Å²) in [4.78, 5) is 0.280. The van der Waals surface area contributed by atoms with Gasteiger partial charge >= 0.3 is 0 Å². The van der Waals surface area contributed by atoms with E-state index < -0.39 is 0 Å². The fourth-order valence-corrected chi connectivity index (χ4v) is 1.27. The van der Waals surface area contributed by atoms with Gasteiger partial charge in [0.05, 0.1) is 0 Å². The second-order valence-electron chi connectivity index (χ2n) is 2.31. The van der Waals surface area contributed by atoms with Crippen LogP contribution in [-0.2, 0) is 0 Å². The highest BCUT2D eigenvalue weighted by atomic mass is 79.9. The van der Waals surface area contributed by atoms with Crippen molar-refractivity contribution in [1.82, 2.24) is 0 Å². The minimum Gasteiger partial charge on any atom is -0.312 e. The average Bonchev–Trinajstić information content (AvgIpc) is 1.65. The molecule has 0 aliphatic carbocycles. The van der Waals surface area contributed by atoms with Crippen LogP contribution in [0, 0.1) is 11.3 Å². The van der Waals surface area contributed by atoms with E-state index in [9.17, 15) is 0 Å². The van der Waals surface area contributed by atoms with Gasteiger partial charge in [-0.25, -0.2) is 0 Å². The molecule has 0 radical (unpaired) electrons. The molecule has 0 aliphatic rings. The van der Waals surface area contributed by atoms with Gasteiger partial charge in [-0.05, 0) is 12.3 Å². The van der Waals surface area contributed by atoms with Crippen molar-refractivity contribution in [2.75, 3.05) is 0 Å². The van der Waals surface area contributed by atoms with E-state index in [2.05, 4.69) is 29.8 Å². The van der Waals surface area contributed by atoms with Gasteiger partial charge in [0, 0.05) is 11.0 Å². The molecule has 0 fully saturated rings. The molecule has 1 N–H and O–H groups in total. The van der Waals surface area contributed by atoms with E-state index in [1.807, 2.05) is 0 Å². The highest BCUT2D eigenvalue weighted by Gasteiger charge is 2.00. The molecule has 0 spiro atoms. The molecule has 1 nitrogen and oxygen atoms in total. The van der Waals surface area contributed by atoms with Crippen LogP contribution in [-0.4, -0.2) is 11.0 Å². The molecule has 8 heavy (non-hydrogen) atoms. The molecule has 0 saturated heterocycles. The highest BCUT2D eigenvalue weighted by Crippen LogP contribution is 2.09. The second kappa shape index (κ2) is 4.07. The topological polar surface area (TPSA) is 23.9 Å². The van der Waals surface area contributed by atoms with E-state index in [-0.39, 0.29) is 4.83 Å². The van der Waals surface area contributed by atoms with E-state index in [4.69, 9.17) is 5.41 Å². The smallest absolute Gasteiger partial charge is 0.0494 e. The molecular weight excluding hydrogens is 166 g/mol. The first kappa shape index (κ1) is 8.15. The predicted octanol–water partition coefficient (Wildman–Crippen LogP) is 2.45. The second-order valence-corrected chi connectivity index (χ2v) is 3.49. The maximum atomic E-state index is 6.83. The van der Waals surface area contributed by atoms with Crippen molar-refractivity contribution in [3.05, 3.63) is 0 Å². The Morgan fingerprint density at radius 3 is 2.25 bits per heavy atom. The van der Waals surface area contributed by atoms with Gasteiger partial charge in [0.2, 0.25) is 0 Å². The van der Waals surface area contributed by atoms with Crippen molar-refractivity contribution < 1.29 is 0 Å². The van der Waals surface area contributed by atoms with Gasteiger partial charge in [0.1, 0.15) is 0 Å². The van der Waals surface area contributed by atoms with Crippen molar-refractivity contribution in [2.24, 2.45) is 5.92 Å². The van der Waals surface area contributed by atoms with Crippen molar-refractivity contribution in [2.45, 2.75) is 25.1 Å². The monoisotopic (exact) mass is 177 g/mol. The number of alkyl halides is 1. The first-order valence-corrected chi connectivity index (χ1v) is 3.73. The lowest BCUT2D eigenvalue weighted by atomic mass is 10.1. The van der Waals surface area contributed by atoms with Gasteiger partial charge in [-0.15, -0.1) is 0 Å². The molecule has 0 amide bonds. The minimum absolute atomic E-state index is 0.280. The lowest BCUT2D eigenvalue weighted by molar-refractivity contribution is 0.615. The molecule has 48 valence electrons. The average molecular weight is 178 g/mol. The van der Waals surface area contributed by atoms with Crippen LogP contribution in [0.3, 0.4) is 0 Å². The largest absolute Gasteiger partial charge is 0.312 e. The van der Waals surface area contributed by atoms with Gasteiger partial charge < -0.3 is 5.41 Å². The SMILES string of the molecule is CC(C)CC(Br)C=N. The van der Waals surface area contributed by atoms with Gasteiger partial charge in [-0.2, -0.15) is 0 Å². The van der Waals surface area contributed by atoms with Gasteiger partial charge in [0.15, 0.2) is 0 Å². The zero-order chi connectivity index (χ0) is 6.57. The molecule has 1 atom stereocenters. The summed E-state index contributed by atoms with van der Waals surface area (Å²) >= 11 is 3.33. The van der Waals surface area contributed by atoms with Crippen LogP contribution in [0.25, 0.3) is 0 Å². The number of hydrogen-bond acceptors (Lipinski definition) is 1. The van der Waals surface area contributed by atoms with Crippen molar-refractivity contribution >= 4 is 22.1 Å². The zero-order valence-electron chi connectivity index (χ0n) is 5.32. The summed E-state index contributed by atoms with van der Waals surface area (Å²) in [7, 11) is 0. The molecule has 1 unspecified atom stereocenters. The maximum Gasteiger partial charge on any atom is 0.0494 e. The van der Waals surface area contributed by atoms with E-state index in [1.165, 1.54) is 6.21 Å². The summed E-state index contributed by atoms with van der Waals surface area (Å²) in [5, 5.41) is 6.83. The third-order valence-electron chi connectivity index (χ3n) is 0.877. The Labute approximate surface area is 59.1 Å². The van der Waals surface area contributed by atoms with Gasteiger partial charge in [0.25, 0.3) is 0 Å². The molecular formula is C6H12BrN. The van der Waals surface area contributed by atoms with Gasteiger partial charge in [-0.3, -0.25) is 0 Å². The summed E-state index contributed by atoms with van der Waals surface area (Å²) in [6.45, 7) is 4.30. The maximum absolute atomic E-state index is 6.83.